The first-order valence-corrected chi connectivity index (χ1v) is 7.03. The lowest BCUT2D eigenvalue weighted by atomic mass is 9.97. The van der Waals surface area contributed by atoms with Crippen molar-refractivity contribution in [2.24, 2.45) is 0 Å². The summed E-state index contributed by atoms with van der Waals surface area (Å²) in [7, 11) is 0. The Balaban J connectivity index is 2.39. The molecule has 2 heteroatoms. The van der Waals surface area contributed by atoms with Crippen molar-refractivity contribution in [3.63, 3.8) is 0 Å². The second kappa shape index (κ2) is 3.90. The van der Waals surface area contributed by atoms with Gasteiger partial charge in [0.25, 0.3) is 0 Å². The summed E-state index contributed by atoms with van der Waals surface area (Å²) in [5.41, 5.74) is 0.763. The number of hydrogen-bond acceptors (Lipinski definition) is 2. The van der Waals surface area contributed by atoms with E-state index in [1.54, 1.807) is 11.3 Å². The van der Waals surface area contributed by atoms with Gasteiger partial charge in [-0.15, -0.1) is 11.3 Å². The summed E-state index contributed by atoms with van der Waals surface area (Å²) in [6, 6.07) is 16.5. The first kappa shape index (κ1) is 10.7. The summed E-state index contributed by atoms with van der Waals surface area (Å²) < 4.78 is 1.30. The summed E-state index contributed by atoms with van der Waals surface area (Å²) in [4.78, 5) is 11.3. The number of hydrogen-bond donors (Lipinski definition) is 0. The van der Waals surface area contributed by atoms with Gasteiger partial charge in [0.05, 0.1) is 0 Å². The maximum atomic E-state index is 11.3. The Morgan fingerprint density at radius 1 is 0.895 bits per heavy atom. The van der Waals surface area contributed by atoms with E-state index in [1.165, 1.54) is 15.5 Å². The lowest BCUT2D eigenvalue weighted by Crippen LogP contribution is -1.86. The zero-order valence-corrected chi connectivity index (χ0v) is 10.9. The number of aldehydes is 1. The van der Waals surface area contributed by atoms with Gasteiger partial charge in [-0.2, -0.15) is 0 Å². The molecule has 1 nitrogen and oxygen atoms in total. The van der Waals surface area contributed by atoms with Crippen molar-refractivity contribution >= 4 is 49.3 Å². The topological polar surface area (TPSA) is 17.1 Å². The fourth-order valence-electron chi connectivity index (χ4n) is 2.74. The van der Waals surface area contributed by atoms with Crippen molar-refractivity contribution < 1.29 is 4.79 Å². The van der Waals surface area contributed by atoms with Crippen molar-refractivity contribution in [3.8, 4) is 0 Å². The minimum absolute atomic E-state index is 0.763. The maximum Gasteiger partial charge on any atom is 0.150 e. The van der Waals surface area contributed by atoms with E-state index in [2.05, 4.69) is 29.6 Å². The molecule has 0 aliphatic heterocycles. The number of benzene rings is 3. The van der Waals surface area contributed by atoms with Gasteiger partial charge < -0.3 is 0 Å². The quantitative estimate of drug-likeness (QED) is 0.348. The van der Waals surface area contributed by atoms with Crippen molar-refractivity contribution in [1.82, 2.24) is 0 Å². The lowest BCUT2D eigenvalue weighted by molar-refractivity contribution is 0.112. The van der Waals surface area contributed by atoms with Gasteiger partial charge >= 0.3 is 0 Å². The van der Waals surface area contributed by atoms with Crippen LogP contribution in [0.3, 0.4) is 0 Å². The second-order valence-corrected chi connectivity index (χ2v) is 5.55. The molecule has 0 fully saturated rings. The van der Waals surface area contributed by atoms with Crippen LogP contribution in [0.5, 0.6) is 0 Å². The van der Waals surface area contributed by atoms with Crippen LogP contribution in [0.1, 0.15) is 10.4 Å². The molecule has 0 spiro atoms. The van der Waals surface area contributed by atoms with E-state index in [1.807, 2.05) is 24.3 Å². The first-order valence-electron chi connectivity index (χ1n) is 6.15. The van der Waals surface area contributed by atoms with E-state index in [4.69, 9.17) is 0 Å². The van der Waals surface area contributed by atoms with Crippen molar-refractivity contribution in [2.45, 2.75) is 0 Å². The molecule has 0 aliphatic rings. The maximum absolute atomic E-state index is 11.3. The second-order valence-electron chi connectivity index (χ2n) is 4.63. The highest BCUT2D eigenvalue weighted by Gasteiger charge is 2.09. The molecule has 0 radical (unpaired) electrons. The van der Waals surface area contributed by atoms with Crippen LogP contribution in [0.4, 0.5) is 0 Å². The molecule has 4 rings (SSSR count). The third-order valence-corrected chi connectivity index (χ3v) is 4.55. The van der Waals surface area contributed by atoms with Crippen LogP contribution in [0.15, 0.2) is 53.9 Å². The van der Waals surface area contributed by atoms with E-state index in [9.17, 15) is 4.79 Å². The van der Waals surface area contributed by atoms with Crippen LogP contribution in [-0.4, -0.2) is 6.29 Å². The van der Waals surface area contributed by atoms with Crippen LogP contribution in [0.25, 0.3) is 31.6 Å². The standard InChI is InChI=1S/C17H10OS/c18-10-13-9-12-6-5-11-7-8-19-17(11)16(12)15-4-2-1-3-14(13)15/h1-10H. The number of fused-ring (bicyclic) bond motifs is 5. The SMILES string of the molecule is O=Cc1cc2ccc3ccsc3c2c2ccccc12. The molecule has 4 aromatic rings. The first-order chi connectivity index (χ1) is 9.38. The molecule has 0 aliphatic carbocycles. The molecule has 0 atom stereocenters. The Bertz CT molecular complexity index is 934. The van der Waals surface area contributed by atoms with E-state index in [0.29, 0.717) is 0 Å². The highest BCUT2D eigenvalue weighted by Crippen LogP contribution is 2.36. The molecule has 1 aromatic heterocycles. The minimum Gasteiger partial charge on any atom is -0.298 e. The fourth-order valence-corrected chi connectivity index (χ4v) is 3.71. The molecule has 0 saturated heterocycles. The zero-order valence-electron chi connectivity index (χ0n) is 10.1. The normalized spacial score (nSPS) is 11.4. The average Bonchev–Trinajstić information content (AvgIpc) is 2.94. The lowest BCUT2D eigenvalue weighted by Gasteiger charge is -2.07. The van der Waals surface area contributed by atoms with Crippen LogP contribution >= 0.6 is 11.3 Å². The Labute approximate surface area is 114 Å². The molecular formula is C17H10OS. The zero-order chi connectivity index (χ0) is 12.8. The van der Waals surface area contributed by atoms with Crippen LogP contribution in [0, 0.1) is 0 Å². The number of carbonyl (C=O) groups excluding carboxylic acids is 1. The van der Waals surface area contributed by atoms with Gasteiger partial charge in [-0.25, -0.2) is 0 Å². The highest BCUT2D eigenvalue weighted by molar-refractivity contribution is 7.18. The number of carbonyl (C=O) groups is 1. The smallest absolute Gasteiger partial charge is 0.150 e. The van der Waals surface area contributed by atoms with Gasteiger partial charge in [0.15, 0.2) is 6.29 Å². The summed E-state index contributed by atoms with van der Waals surface area (Å²) in [5, 5.41) is 7.97. The average molecular weight is 262 g/mol. The molecule has 1 heterocycles. The molecule has 0 amide bonds. The Morgan fingerprint density at radius 3 is 2.53 bits per heavy atom. The summed E-state index contributed by atoms with van der Waals surface area (Å²) in [6.45, 7) is 0. The monoisotopic (exact) mass is 262 g/mol. The van der Waals surface area contributed by atoms with Crippen molar-refractivity contribution in [1.29, 1.82) is 0 Å². The summed E-state index contributed by atoms with van der Waals surface area (Å²) in [6.07, 6.45) is 0.945. The Morgan fingerprint density at radius 2 is 1.68 bits per heavy atom. The predicted octanol–water partition coefficient (Wildman–Crippen LogP) is 5.02. The molecule has 0 saturated carbocycles. The van der Waals surface area contributed by atoms with Gasteiger partial charge in [-0.1, -0.05) is 36.4 Å². The van der Waals surface area contributed by atoms with Crippen molar-refractivity contribution in [3.05, 3.63) is 59.5 Å². The molecule has 0 N–H and O–H groups in total. The molecule has 3 aromatic carbocycles. The Kier molecular flexibility index (Phi) is 2.20. The van der Waals surface area contributed by atoms with Crippen LogP contribution in [0.2, 0.25) is 0 Å². The van der Waals surface area contributed by atoms with Gasteiger partial charge in [0.2, 0.25) is 0 Å². The van der Waals surface area contributed by atoms with E-state index in [0.717, 1.165) is 28.0 Å². The third-order valence-electron chi connectivity index (χ3n) is 3.60. The fraction of sp³-hybridized carbons (Fsp3) is 0. The van der Waals surface area contributed by atoms with Gasteiger partial charge in [-0.3, -0.25) is 4.79 Å². The highest BCUT2D eigenvalue weighted by atomic mass is 32.1. The molecular weight excluding hydrogens is 252 g/mol. The summed E-state index contributed by atoms with van der Waals surface area (Å²) in [5.74, 6) is 0. The van der Waals surface area contributed by atoms with Crippen molar-refractivity contribution in [2.75, 3.05) is 0 Å². The molecule has 19 heavy (non-hydrogen) atoms. The summed E-state index contributed by atoms with van der Waals surface area (Å²) >= 11 is 1.76. The van der Waals surface area contributed by atoms with E-state index >= 15 is 0 Å². The predicted molar refractivity (Wildman–Crippen MR) is 82.2 cm³/mol. The molecule has 0 bridgehead atoms. The van der Waals surface area contributed by atoms with E-state index in [-0.39, 0.29) is 0 Å². The minimum atomic E-state index is 0.763. The number of rotatable bonds is 1. The van der Waals surface area contributed by atoms with Gasteiger partial charge in [0.1, 0.15) is 0 Å². The number of thiophene rings is 1. The molecule has 0 unspecified atom stereocenters. The van der Waals surface area contributed by atoms with E-state index < -0.39 is 0 Å². The van der Waals surface area contributed by atoms with Gasteiger partial charge in [-0.05, 0) is 39.1 Å². The third kappa shape index (κ3) is 1.44. The van der Waals surface area contributed by atoms with Gasteiger partial charge in [0, 0.05) is 15.6 Å². The largest absolute Gasteiger partial charge is 0.298 e. The van der Waals surface area contributed by atoms with Crippen LogP contribution < -0.4 is 0 Å². The van der Waals surface area contributed by atoms with Crippen LogP contribution in [-0.2, 0) is 0 Å². The Hall–Kier alpha value is -2.19. The molecule has 90 valence electrons.